The average molecular weight is 378 g/mol. The fraction of sp³-hybridized carbons (Fsp3) is 0.125. The number of fused-ring (bicyclic) bond motifs is 1. The summed E-state index contributed by atoms with van der Waals surface area (Å²) in [6.07, 6.45) is -0.107. The van der Waals surface area contributed by atoms with E-state index in [0.717, 1.165) is 11.0 Å². The number of rotatable bonds is 4. The molecule has 2 amide bonds. The molecule has 9 heteroatoms. The quantitative estimate of drug-likeness (QED) is 0.625. The second kappa shape index (κ2) is 7.12. The molecule has 1 atom stereocenters. The van der Waals surface area contributed by atoms with Crippen LogP contribution in [0.15, 0.2) is 47.4 Å². The lowest BCUT2D eigenvalue weighted by atomic mass is 10.2. The van der Waals surface area contributed by atoms with Crippen LogP contribution >= 0.6 is 23.4 Å². The summed E-state index contributed by atoms with van der Waals surface area (Å²) >= 11 is 7.04. The predicted molar refractivity (Wildman–Crippen MR) is 96.1 cm³/mol. The van der Waals surface area contributed by atoms with Crippen molar-refractivity contribution in [3.8, 4) is 0 Å². The summed E-state index contributed by atoms with van der Waals surface area (Å²) in [5, 5.41) is 15.9. The molecule has 0 aliphatic carbocycles. The first-order valence-electron chi connectivity index (χ1n) is 7.24. The normalized spacial score (nSPS) is 15.9. The Hall–Kier alpha value is -2.58. The molecule has 1 aliphatic heterocycles. The zero-order valence-corrected chi connectivity index (χ0v) is 14.3. The van der Waals surface area contributed by atoms with Crippen molar-refractivity contribution in [3.05, 3.63) is 57.6 Å². The molecule has 2 aromatic rings. The van der Waals surface area contributed by atoms with Crippen LogP contribution in [0.1, 0.15) is 6.42 Å². The number of carbonyl (C=O) groups excluding carboxylic acids is 2. The Bertz CT molecular complexity index is 874. The highest BCUT2D eigenvalue weighted by molar-refractivity contribution is 8.01. The number of nitro benzene ring substituents is 1. The van der Waals surface area contributed by atoms with Gasteiger partial charge < -0.3 is 10.6 Å². The van der Waals surface area contributed by atoms with E-state index in [0.29, 0.717) is 5.69 Å². The minimum Gasteiger partial charge on any atom is -0.324 e. The van der Waals surface area contributed by atoms with Crippen molar-refractivity contribution in [1.82, 2.24) is 0 Å². The van der Waals surface area contributed by atoms with E-state index in [-0.39, 0.29) is 28.7 Å². The summed E-state index contributed by atoms with van der Waals surface area (Å²) in [4.78, 5) is 35.7. The zero-order valence-electron chi connectivity index (χ0n) is 12.7. The van der Waals surface area contributed by atoms with Gasteiger partial charge in [0, 0.05) is 22.4 Å². The average Bonchev–Trinajstić information content (AvgIpc) is 2.57. The zero-order chi connectivity index (χ0) is 18.0. The predicted octanol–water partition coefficient (Wildman–Crippen LogP) is 3.69. The van der Waals surface area contributed by atoms with Crippen LogP contribution in [0.3, 0.4) is 0 Å². The molecule has 0 fully saturated rings. The van der Waals surface area contributed by atoms with Gasteiger partial charge in [-0.25, -0.2) is 0 Å². The first kappa shape index (κ1) is 17.2. The smallest absolute Gasteiger partial charge is 0.294 e. The first-order valence-corrected chi connectivity index (χ1v) is 8.50. The lowest BCUT2D eigenvalue weighted by molar-refractivity contribution is -0.383. The van der Waals surface area contributed by atoms with Gasteiger partial charge in [0.05, 0.1) is 15.9 Å². The fourth-order valence-corrected chi connectivity index (χ4v) is 3.63. The highest BCUT2D eigenvalue weighted by Gasteiger charge is 2.29. The van der Waals surface area contributed by atoms with Crippen molar-refractivity contribution in [2.75, 3.05) is 10.6 Å². The topological polar surface area (TPSA) is 101 Å². The number of anilines is 2. The van der Waals surface area contributed by atoms with E-state index >= 15 is 0 Å². The van der Waals surface area contributed by atoms with Gasteiger partial charge in [-0.05, 0) is 24.3 Å². The van der Waals surface area contributed by atoms with Gasteiger partial charge in [0.25, 0.3) is 5.69 Å². The Morgan fingerprint density at radius 2 is 2.08 bits per heavy atom. The van der Waals surface area contributed by atoms with Crippen LogP contribution in [0.25, 0.3) is 0 Å². The largest absolute Gasteiger partial charge is 0.324 e. The maximum atomic E-state index is 12.2. The van der Waals surface area contributed by atoms with Gasteiger partial charge in [0.2, 0.25) is 11.8 Å². The molecule has 1 aliphatic rings. The third-order valence-corrected chi connectivity index (χ3v) is 5.02. The summed E-state index contributed by atoms with van der Waals surface area (Å²) < 4.78 is 0. The number of hydrogen-bond donors (Lipinski definition) is 2. The van der Waals surface area contributed by atoms with Crippen LogP contribution < -0.4 is 10.6 Å². The minimum absolute atomic E-state index is 0.0426. The molecule has 3 rings (SSSR count). The van der Waals surface area contributed by atoms with Crippen molar-refractivity contribution in [3.63, 3.8) is 0 Å². The summed E-state index contributed by atoms with van der Waals surface area (Å²) in [7, 11) is 0. The molecule has 0 unspecified atom stereocenters. The van der Waals surface area contributed by atoms with Crippen molar-refractivity contribution in [1.29, 1.82) is 0 Å². The lowest BCUT2D eigenvalue weighted by Crippen LogP contribution is -2.32. The standard InChI is InChI=1S/C16H12ClN3O4S/c17-9-5-6-10(12(7-9)20(23)24)18-15(21)8-14-16(22)19-11-3-1-2-4-13(11)25-14/h1-7,14H,8H2,(H,18,21)(H,19,22)/t14-/m1/s1. The molecular formula is C16H12ClN3O4S. The van der Waals surface area contributed by atoms with Gasteiger partial charge in [0.15, 0.2) is 0 Å². The number of nitrogens with zero attached hydrogens (tertiary/aromatic N) is 1. The molecule has 128 valence electrons. The fourth-order valence-electron chi connectivity index (χ4n) is 2.36. The van der Waals surface area contributed by atoms with Crippen LogP contribution in [0.5, 0.6) is 0 Å². The maximum Gasteiger partial charge on any atom is 0.294 e. The molecule has 0 spiro atoms. The second-order valence-corrected chi connectivity index (χ2v) is 6.94. The number of thioether (sulfide) groups is 1. The van der Waals surface area contributed by atoms with Crippen LogP contribution in [-0.2, 0) is 9.59 Å². The van der Waals surface area contributed by atoms with Crippen LogP contribution in [0.4, 0.5) is 17.1 Å². The van der Waals surface area contributed by atoms with E-state index in [2.05, 4.69) is 10.6 Å². The Balaban J connectivity index is 1.72. The first-order chi connectivity index (χ1) is 11.9. The maximum absolute atomic E-state index is 12.2. The Labute approximate surface area is 151 Å². The van der Waals surface area contributed by atoms with Crippen molar-refractivity contribution < 1.29 is 14.5 Å². The number of amides is 2. The van der Waals surface area contributed by atoms with Crippen LogP contribution in [0, 0.1) is 10.1 Å². The number of nitro groups is 1. The van der Waals surface area contributed by atoms with Gasteiger partial charge in [-0.3, -0.25) is 19.7 Å². The molecule has 0 saturated heterocycles. The van der Waals surface area contributed by atoms with E-state index < -0.39 is 16.1 Å². The number of carbonyl (C=O) groups is 2. The van der Waals surface area contributed by atoms with Gasteiger partial charge >= 0.3 is 0 Å². The van der Waals surface area contributed by atoms with E-state index in [1.165, 1.54) is 23.9 Å². The summed E-state index contributed by atoms with van der Waals surface area (Å²) in [6, 6.07) is 11.3. The van der Waals surface area contributed by atoms with Crippen molar-refractivity contribution in [2.45, 2.75) is 16.6 Å². The van der Waals surface area contributed by atoms with Gasteiger partial charge in [-0.2, -0.15) is 0 Å². The monoisotopic (exact) mass is 377 g/mol. The SMILES string of the molecule is O=C(C[C@H]1Sc2ccccc2NC1=O)Nc1ccc(Cl)cc1[N+](=O)[O-]. The molecule has 0 radical (unpaired) electrons. The highest BCUT2D eigenvalue weighted by Crippen LogP contribution is 2.37. The Morgan fingerprint density at radius 1 is 1.32 bits per heavy atom. The number of benzene rings is 2. The third-order valence-electron chi connectivity index (χ3n) is 3.51. The molecule has 2 N–H and O–H groups in total. The molecular weight excluding hydrogens is 366 g/mol. The van der Waals surface area contributed by atoms with E-state index in [9.17, 15) is 19.7 Å². The van der Waals surface area contributed by atoms with Gasteiger partial charge in [0.1, 0.15) is 5.69 Å². The summed E-state index contributed by atoms with van der Waals surface area (Å²) in [5.74, 6) is -0.762. The molecule has 1 heterocycles. The molecule has 0 bridgehead atoms. The highest BCUT2D eigenvalue weighted by atomic mass is 35.5. The number of para-hydroxylation sites is 1. The van der Waals surface area contributed by atoms with Crippen LogP contribution in [0.2, 0.25) is 5.02 Å². The van der Waals surface area contributed by atoms with Gasteiger partial charge in [-0.15, -0.1) is 11.8 Å². The minimum atomic E-state index is -0.625. The Morgan fingerprint density at radius 3 is 2.84 bits per heavy atom. The van der Waals surface area contributed by atoms with Crippen molar-refractivity contribution >= 4 is 52.2 Å². The molecule has 25 heavy (non-hydrogen) atoms. The molecule has 7 nitrogen and oxygen atoms in total. The van der Waals surface area contributed by atoms with Crippen LogP contribution in [-0.4, -0.2) is 22.0 Å². The molecule has 2 aromatic carbocycles. The van der Waals surface area contributed by atoms with E-state index in [4.69, 9.17) is 11.6 Å². The van der Waals surface area contributed by atoms with E-state index in [1.54, 1.807) is 6.07 Å². The summed E-state index contributed by atoms with van der Waals surface area (Å²) in [6.45, 7) is 0. The lowest BCUT2D eigenvalue weighted by Gasteiger charge is -2.23. The summed E-state index contributed by atoms with van der Waals surface area (Å²) in [5.41, 5.74) is 0.454. The number of nitrogens with one attached hydrogen (secondary N) is 2. The number of halogens is 1. The van der Waals surface area contributed by atoms with Gasteiger partial charge in [-0.1, -0.05) is 23.7 Å². The number of hydrogen-bond acceptors (Lipinski definition) is 5. The Kier molecular flexibility index (Phi) is 4.91. The third kappa shape index (κ3) is 3.92. The second-order valence-electron chi connectivity index (χ2n) is 5.26. The molecule has 0 saturated carbocycles. The van der Waals surface area contributed by atoms with E-state index in [1.807, 2.05) is 18.2 Å². The molecule has 0 aromatic heterocycles. The van der Waals surface area contributed by atoms with Crippen molar-refractivity contribution in [2.24, 2.45) is 0 Å².